The van der Waals surface area contributed by atoms with Gasteiger partial charge in [0.25, 0.3) is 0 Å². The molecule has 1 unspecified atom stereocenters. The highest BCUT2D eigenvalue weighted by atomic mass is 15.4. The van der Waals surface area contributed by atoms with Gasteiger partial charge in [-0.3, -0.25) is 4.99 Å². The molecule has 0 bridgehead atoms. The minimum absolute atomic E-state index is 0.220. The first-order valence-corrected chi connectivity index (χ1v) is 5.15. The third kappa shape index (κ3) is 1.21. The van der Waals surface area contributed by atoms with Crippen LogP contribution in [0.3, 0.4) is 0 Å². The third-order valence-corrected chi connectivity index (χ3v) is 3.33. The third-order valence-electron chi connectivity index (χ3n) is 3.33. The average Bonchev–Trinajstić information content (AvgIpc) is 2.79. The maximum Gasteiger partial charge on any atom is 0.192 e. The van der Waals surface area contributed by atoms with E-state index in [9.17, 15) is 0 Å². The molecule has 0 amide bonds. The lowest BCUT2D eigenvalue weighted by Gasteiger charge is -2.39. The van der Waals surface area contributed by atoms with Crippen molar-refractivity contribution in [1.82, 2.24) is 4.90 Å². The largest absolute Gasteiger partial charge is 0.370 e. The molecule has 0 saturated heterocycles. The van der Waals surface area contributed by atoms with E-state index in [2.05, 4.69) is 30.7 Å². The zero-order valence-electron chi connectivity index (χ0n) is 8.75. The molecule has 1 saturated carbocycles. The number of hydrogen-bond acceptors (Lipinski definition) is 3. The van der Waals surface area contributed by atoms with Gasteiger partial charge in [0.05, 0.1) is 12.1 Å². The number of hydrogen-bond donors (Lipinski definition) is 1. The van der Waals surface area contributed by atoms with Crippen molar-refractivity contribution < 1.29 is 0 Å². The van der Waals surface area contributed by atoms with E-state index in [0.29, 0.717) is 6.04 Å². The van der Waals surface area contributed by atoms with Crippen molar-refractivity contribution in [2.24, 2.45) is 16.6 Å². The summed E-state index contributed by atoms with van der Waals surface area (Å²) in [4.78, 5) is 6.67. The Hall–Kier alpha value is -0.730. The molecule has 1 aliphatic carbocycles. The lowest BCUT2D eigenvalue weighted by Crippen LogP contribution is -2.54. The fraction of sp³-hybridized carbons (Fsp3) is 0.900. The Balaban J connectivity index is 2.21. The number of guanidine groups is 1. The van der Waals surface area contributed by atoms with Gasteiger partial charge in [0, 0.05) is 6.04 Å². The second kappa shape index (κ2) is 2.63. The van der Waals surface area contributed by atoms with Crippen LogP contribution in [0.5, 0.6) is 0 Å². The van der Waals surface area contributed by atoms with Crippen molar-refractivity contribution in [1.29, 1.82) is 0 Å². The van der Waals surface area contributed by atoms with Gasteiger partial charge < -0.3 is 10.6 Å². The average molecular weight is 181 g/mol. The smallest absolute Gasteiger partial charge is 0.192 e. The van der Waals surface area contributed by atoms with Crippen molar-refractivity contribution in [3.05, 3.63) is 0 Å². The highest BCUT2D eigenvalue weighted by molar-refractivity contribution is 5.81. The molecule has 2 N–H and O–H groups in total. The molecule has 1 heterocycles. The molecule has 1 fully saturated rings. The van der Waals surface area contributed by atoms with Crippen LogP contribution in [-0.4, -0.2) is 29.0 Å². The number of rotatable bonds is 2. The van der Waals surface area contributed by atoms with E-state index in [4.69, 9.17) is 5.73 Å². The molecule has 74 valence electrons. The summed E-state index contributed by atoms with van der Waals surface area (Å²) in [5.74, 6) is 1.56. The lowest BCUT2D eigenvalue weighted by molar-refractivity contribution is 0.158. The summed E-state index contributed by atoms with van der Waals surface area (Å²) in [6, 6.07) is 0.469. The van der Waals surface area contributed by atoms with Gasteiger partial charge in [0.2, 0.25) is 0 Å². The standard InChI is InChI=1S/C10H19N3/c1-7(2)13-9(11)12-6-10(13,3)8-4-5-8/h7-8H,4-6H2,1-3H3,(H2,11,12). The number of nitrogens with two attached hydrogens (primary N) is 1. The molecule has 0 aromatic carbocycles. The molecule has 13 heavy (non-hydrogen) atoms. The Morgan fingerprint density at radius 2 is 2.15 bits per heavy atom. The van der Waals surface area contributed by atoms with Crippen LogP contribution in [0.25, 0.3) is 0 Å². The number of aliphatic imine (C=N–C) groups is 1. The van der Waals surface area contributed by atoms with Gasteiger partial charge in [-0.15, -0.1) is 0 Å². The molecule has 2 rings (SSSR count). The lowest BCUT2D eigenvalue weighted by atomic mass is 9.93. The zero-order valence-corrected chi connectivity index (χ0v) is 8.75. The molecule has 0 aromatic heterocycles. The van der Waals surface area contributed by atoms with E-state index in [1.54, 1.807) is 0 Å². The summed E-state index contributed by atoms with van der Waals surface area (Å²) in [5.41, 5.74) is 6.12. The Kier molecular flexibility index (Phi) is 1.79. The van der Waals surface area contributed by atoms with Crippen LogP contribution in [0.2, 0.25) is 0 Å². The Morgan fingerprint density at radius 1 is 1.54 bits per heavy atom. The summed E-state index contributed by atoms with van der Waals surface area (Å²) >= 11 is 0. The zero-order chi connectivity index (χ0) is 9.64. The fourth-order valence-corrected chi connectivity index (χ4v) is 2.54. The quantitative estimate of drug-likeness (QED) is 0.695. The van der Waals surface area contributed by atoms with E-state index < -0.39 is 0 Å². The van der Waals surface area contributed by atoms with Gasteiger partial charge >= 0.3 is 0 Å². The van der Waals surface area contributed by atoms with Crippen LogP contribution in [0, 0.1) is 5.92 Å². The first-order valence-electron chi connectivity index (χ1n) is 5.15. The highest BCUT2D eigenvalue weighted by Crippen LogP contribution is 2.45. The predicted molar refractivity (Wildman–Crippen MR) is 54.6 cm³/mol. The van der Waals surface area contributed by atoms with Gasteiger partial charge in [0.1, 0.15) is 0 Å². The minimum Gasteiger partial charge on any atom is -0.370 e. The van der Waals surface area contributed by atoms with Crippen LogP contribution < -0.4 is 5.73 Å². The van der Waals surface area contributed by atoms with Crippen LogP contribution in [-0.2, 0) is 0 Å². The van der Waals surface area contributed by atoms with Crippen molar-refractivity contribution in [3.8, 4) is 0 Å². The van der Waals surface area contributed by atoms with Crippen molar-refractivity contribution in [2.45, 2.75) is 45.2 Å². The summed E-state index contributed by atoms with van der Waals surface area (Å²) in [6.45, 7) is 7.57. The van der Waals surface area contributed by atoms with Gasteiger partial charge in [-0.05, 0) is 39.5 Å². The second-order valence-electron chi connectivity index (χ2n) is 4.77. The Bertz CT molecular complexity index is 243. The van der Waals surface area contributed by atoms with Crippen molar-refractivity contribution in [3.63, 3.8) is 0 Å². The molecule has 1 aliphatic heterocycles. The van der Waals surface area contributed by atoms with E-state index in [0.717, 1.165) is 18.4 Å². The maximum absolute atomic E-state index is 5.90. The van der Waals surface area contributed by atoms with E-state index in [-0.39, 0.29) is 5.54 Å². The molecule has 1 atom stereocenters. The Morgan fingerprint density at radius 3 is 2.62 bits per heavy atom. The molecule has 3 nitrogen and oxygen atoms in total. The number of nitrogens with zero attached hydrogens (tertiary/aromatic N) is 2. The molecule has 0 aromatic rings. The molecular weight excluding hydrogens is 162 g/mol. The first kappa shape index (κ1) is 8.85. The molecule has 0 radical (unpaired) electrons. The van der Waals surface area contributed by atoms with Gasteiger partial charge in [-0.1, -0.05) is 0 Å². The summed E-state index contributed by atoms with van der Waals surface area (Å²) in [7, 11) is 0. The molecule has 3 heteroatoms. The summed E-state index contributed by atoms with van der Waals surface area (Å²) in [6.07, 6.45) is 2.70. The van der Waals surface area contributed by atoms with Crippen LogP contribution in [0.4, 0.5) is 0 Å². The van der Waals surface area contributed by atoms with E-state index >= 15 is 0 Å². The summed E-state index contributed by atoms with van der Waals surface area (Å²) < 4.78 is 0. The van der Waals surface area contributed by atoms with Crippen molar-refractivity contribution in [2.75, 3.05) is 6.54 Å². The summed E-state index contributed by atoms with van der Waals surface area (Å²) in [5, 5.41) is 0. The van der Waals surface area contributed by atoms with Gasteiger partial charge in [-0.2, -0.15) is 0 Å². The topological polar surface area (TPSA) is 41.6 Å². The SMILES string of the molecule is CC(C)N1C(N)=NCC1(C)C1CC1. The Labute approximate surface area is 80.0 Å². The van der Waals surface area contributed by atoms with Crippen LogP contribution in [0.15, 0.2) is 4.99 Å². The first-order chi connectivity index (χ1) is 6.05. The van der Waals surface area contributed by atoms with Gasteiger partial charge in [0.15, 0.2) is 5.96 Å². The highest BCUT2D eigenvalue weighted by Gasteiger charge is 2.49. The fourth-order valence-electron chi connectivity index (χ4n) is 2.54. The van der Waals surface area contributed by atoms with Gasteiger partial charge in [-0.25, -0.2) is 0 Å². The van der Waals surface area contributed by atoms with E-state index in [1.807, 2.05) is 0 Å². The normalized spacial score (nSPS) is 34.2. The monoisotopic (exact) mass is 181 g/mol. The molecule has 2 aliphatic rings. The van der Waals surface area contributed by atoms with Crippen LogP contribution >= 0.6 is 0 Å². The predicted octanol–water partition coefficient (Wildman–Crippen LogP) is 1.19. The van der Waals surface area contributed by atoms with Crippen molar-refractivity contribution >= 4 is 5.96 Å². The second-order valence-corrected chi connectivity index (χ2v) is 4.77. The maximum atomic E-state index is 5.90. The van der Waals surface area contributed by atoms with E-state index in [1.165, 1.54) is 12.8 Å². The minimum atomic E-state index is 0.220. The molecular formula is C10H19N3. The molecule has 0 spiro atoms. The van der Waals surface area contributed by atoms with Crippen LogP contribution in [0.1, 0.15) is 33.6 Å².